The Morgan fingerprint density at radius 2 is 1.48 bits per heavy atom. The zero-order chi connectivity index (χ0) is 15.3. The van der Waals surface area contributed by atoms with Crippen LogP contribution in [0.4, 0.5) is 0 Å². The molecule has 1 rings (SSSR count). The average molecular weight is 297 g/mol. The second-order valence-corrected chi connectivity index (χ2v) is 5.58. The number of unbranched alkanes of at least 4 members (excludes halogenated alkanes) is 2. The number of rotatable bonds is 7. The van der Waals surface area contributed by atoms with Crippen LogP contribution in [0.5, 0.6) is 0 Å². The zero-order valence-corrected chi connectivity index (χ0v) is 12.7. The molecule has 0 radical (unpaired) electrons. The minimum absolute atomic E-state index is 0.0591. The Morgan fingerprint density at radius 1 is 0.905 bits per heavy atom. The van der Waals surface area contributed by atoms with Crippen molar-refractivity contribution in [2.75, 3.05) is 0 Å². The van der Waals surface area contributed by atoms with Gasteiger partial charge in [-0.1, -0.05) is 25.7 Å². The van der Waals surface area contributed by atoms with Gasteiger partial charge in [-0.15, -0.1) is 0 Å². The molecule has 0 unspecified atom stereocenters. The molecule has 0 atom stereocenters. The van der Waals surface area contributed by atoms with Crippen LogP contribution < -0.4 is 10.9 Å². The van der Waals surface area contributed by atoms with E-state index in [1.807, 2.05) is 0 Å². The van der Waals surface area contributed by atoms with Crippen LogP contribution in [0.25, 0.3) is 0 Å². The fraction of sp³-hybridized carbons (Fsp3) is 0.800. The number of hydrogen-bond donors (Lipinski definition) is 3. The van der Waals surface area contributed by atoms with Gasteiger partial charge in [0, 0.05) is 18.6 Å². The Balaban J connectivity index is 2.10. The molecule has 21 heavy (non-hydrogen) atoms. The van der Waals surface area contributed by atoms with Gasteiger partial charge in [-0.25, -0.2) is 10.9 Å². The molecule has 0 heterocycles. The van der Waals surface area contributed by atoms with Crippen LogP contribution in [-0.4, -0.2) is 22.7 Å². The number of amides is 2. The molecule has 6 heteroatoms. The highest BCUT2D eigenvalue weighted by Gasteiger charge is 2.06. The summed E-state index contributed by atoms with van der Waals surface area (Å²) >= 11 is 0. The van der Waals surface area contributed by atoms with Gasteiger partial charge in [-0.05, 0) is 38.5 Å². The molecule has 0 aromatic rings. The fourth-order valence-corrected chi connectivity index (χ4v) is 2.43. The second-order valence-electron chi connectivity index (χ2n) is 5.58. The number of nitrogens with one attached hydrogen (secondary N) is 2. The summed E-state index contributed by atoms with van der Waals surface area (Å²) in [7, 11) is 0. The molecule has 0 aromatic carbocycles. The van der Waals surface area contributed by atoms with Gasteiger partial charge in [-0.3, -0.25) is 14.8 Å². The van der Waals surface area contributed by atoms with E-state index in [2.05, 4.69) is 10.5 Å². The lowest BCUT2D eigenvalue weighted by Gasteiger charge is -2.10. The molecule has 0 aromatic heterocycles. The van der Waals surface area contributed by atoms with E-state index in [1.165, 1.54) is 32.1 Å². The maximum atomic E-state index is 11.7. The van der Waals surface area contributed by atoms with E-state index in [4.69, 9.17) is 5.21 Å². The Kier molecular flexibility index (Phi) is 9.44. The predicted octanol–water partition coefficient (Wildman–Crippen LogP) is 2.66. The monoisotopic (exact) mass is 297 g/mol. The standard InChI is InChI=1S/C15H27N3O3/c19-14(11-7-4-8-12-15(20)18-21)17-16-13-9-5-2-1-3-6-10-13/h21H,1-12H2,(H,17,19)(H,18,20). The number of hydroxylamine groups is 1. The molecule has 0 aliphatic heterocycles. The highest BCUT2D eigenvalue weighted by atomic mass is 16.5. The van der Waals surface area contributed by atoms with Crippen molar-refractivity contribution in [1.29, 1.82) is 0 Å². The molecule has 1 aliphatic rings. The maximum Gasteiger partial charge on any atom is 0.243 e. The summed E-state index contributed by atoms with van der Waals surface area (Å²) < 4.78 is 0. The molecular weight excluding hydrogens is 270 g/mol. The smallest absolute Gasteiger partial charge is 0.243 e. The van der Waals surface area contributed by atoms with Crippen molar-refractivity contribution in [2.24, 2.45) is 5.10 Å². The van der Waals surface area contributed by atoms with Crippen molar-refractivity contribution in [3.63, 3.8) is 0 Å². The van der Waals surface area contributed by atoms with Crippen LogP contribution in [0.2, 0.25) is 0 Å². The normalized spacial score (nSPS) is 15.8. The van der Waals surface area contributed by atoms with Crippen molar-refractivity contribution in [1.82, 2.24) is 10.9 Å². The molecule has 3 N–H and O–H groups in total. The van der Waals surface area contributed by atoms with Crippen LogP contribution in [0.3, 0.4) is 0 Å². The van der Waals surface area contributed by atoms with Gasteiger partial charge in [0.1, 0.15) is 0 Å². The minimum atomic E-state index is -0.380. The van der Waals surface area contributed by atoms with Gasteiger partial charge in [0.2, 0.25) is 11.8 Å². The third-order valence-electron chi connectivity index (χ3n) is 3.70. The molecule has 2 amide bonds. The molecule has 0 saturated heterocycles. The number of carbonyl (C=O) groups excluding carboxylic acids is 2. The number of hydrazone groups is 1. The zero-order valence-electron chi connectivity index (χ0n) is 12.7. The Bertz CT molecular complexity index is 346. The van der Waals surface area contributed by atoms with E-state index in [0.29, 0.717) is 19.3 Å². The van der Waals surface area contributed by atoms with Crippen molar-refractivity contribution < 1.29 is 14.8 Å². The topological polar surface area (TPSA) is 90.8 Å². The molecule has 6 nitrogen and oxygen atoms in total. The van der Waals surface area contributed by atoms with Crippen molar-refractivity contribution in [2.45, 2.75) is 77.0 Å². The van der Waals surface area contributed by atoms with Gasteiger partial charge in [0.05, 0.1) is 0 Å². The van der Waals surface area contributed by atoms with Crippen LogP contribution in [0, 0.1) is 0 Å². The Hall–Kier alpha value is -1.43. The lowest BCUT2D eigenvalue weighted by Crippen LogP contribution is -2.20. The van der Waals surface area contributed by atoms with Gasteiger partial charge in [0.25, 0.3) is 0 Å². The van der Waals surface area contributed by atoms with E-state index in [0.717, 1.165) is 31.4 Å². The first-order valence-electron chi connectivity index (χ1n) is 7.99. The third kappa shape index (κ3) is 9.18. The second kappa shape index (κ2) is 11.3. The molecular formula is C15H27N3O3. The van der Waals surface area contributed by atoms with E-state index < -0.39 is 0 Å². The van der Waals surface area contributed by atoms with Crippen LogP contribution in [0.1, 0.15) is 77.0 Å². The summed E-state index contributed by atoms with van der Waals surface area (Å²) in [5, 5.41) is 12.6. The molecule has 1 saturated carbocycles. The first kappa shape index (κ1) is 17.6. The van der Waals surface area contributed by atoms with Gasteiger partial charge >= 0.3 is 0 Å². The van der Waals surface area contributed by atoms with Gasteiger partial charge in [-0.2, -0.15) is 5.10 Å². The highest BCUT2D eigenvalue weighted by molar-refractivity contribution is 5.86. The summed E-state index contributed by atoms with van der Waals surface area (Å²) in [5.74, 6) is -0.439. The third-order valence-corrected chi connectivity index (χ3v) is 3.70. The van der Waals surface area contributed by atoms with Crippen molar-refractivity contribution in [3.05, 3.63) is 0 Å². The summed E-state index contributed by atoms with van der Waals surface area (Å²) in [4.78, 5) is 22.4. The predicted molar refractivity (Wildman–Crippen MR) is 80.9 cm³/mol. The van der Waals surface area contributed by atoms with Crippen LogP contribution >= 0.6 is 0 Å². The van der Waals surface area contributed by atoms with Crippen LogP contribution in [-0.2, 0) is 9.59 Å². The first-order valence-corrected chi connectivity index (χ1v) is 7.99. The average Bonchev–Trinajstić information content (AvgIpc) is 2.45. The summed E-state index contributed by atoms with van der Waals surface area (Å²) in [6, 6.07) is 0. The van der Waals surface area contributed by atoms with E-state index >= 15 is 0 Å². The molecule has 0 spiro atoms. The number of nitrogens with zero attached hydrogens (tertiary/aromatic N) is 1. The Morgan fingerprint density at radius 3 is 2.10 bits per heavy atom. The quantitative estimate of drug-likeness (QED) is 0.383. The van der Waals surface area contributed by atoms with Crippen LogP contribution in [0.15, 0.2) is 5.10 Å². The van der Waals surface area contributed by atoms with Gasteiger partial charge < -0.3 is 0 Å². The summed E-state index contributed by atoms with van der Waals surface area (Å²) in [6.07, 6.45) is 11.1. The molecule has 120 valence electrons. The van der Waals surface area contributed by atoms with Crippen molar-refractivity contribution in [3.8, 4) is 0 Å². The minimum Gasteiger partial charge on any atom is -0.289 e. The molecule has 0 bridgehead atoms. The largest absolute Gasteiger partial charge is 0.289 e. The molecule has 1 fully saturated rings. The summed E-state index contributed by atoms with van der Waals surface area (Å²) in [6.45, 7) is 0. The van der Waals surface area contributed by atoms with E-state index in [9.17, 15) is 9.59 Å². The lowest BCUT2D eigenvalue weighted by molar-refractivity contribution is -0.129. The fourth-order valence-electron chi connectivity index (χ4n) is 2.43. The summed E-state index contributed by atoms with van der Waals surface area (Å²) in [5.41, 5.74) is 5.35. The first-order chi connectivity index (χ1) is 10.2. The maximum absolute atomic E-state index is 11.7. The molecule has 1 aliphatic carbocycles. The number of hydrogen-bond acceptors (Lipinski definition) is 4. The van der Waals surface area contributed by atoms with E-state index in [-0.39, 0.29) is 11.8 Å². The highest BCUT2D eigenvalue weighted by Crippen LogP contribution is 2.14. The van der Waals surface area contributed by atoms with Gasteiger partial charge in [0.15, 0.2) is 0 Å². The SMILES string of the molecule is O=C(CCCCCC(=O)NN=C1CCCCCCC1)NO. The number of carbonyl (C=O) groups is 2. The lowest BCUT2D eigenvalue weighted by atomic mass is 9.99. The Labute approximate surface area is 126 Å². The van der Waals surface area contributed by atoms with Crippen molar-refractivity contribution >= 4 is 17.5 Å². The van der Waals surface area contributed by atoms with E-state index in [1.54, 1.807) is 5.48 Å².